The molecule has 0 saturated carbocycles. The zero-order valence-electron chi connectivity index (χ0n) is 9.20. The summed E-state index contributed by atoms with van der Waals surface area (Å²) in [5.41, 5.74) is -3.55. The van der Waals surface area contributed by atoms with E-state index < -0.39 is 11.6 Å². The molecule has 0 spiro atoms. The first-order chi connectivity index (χ1) is 7.88. The van der Waals surface area contributed by atoms with E-state index in [1.807, 2.05) is 0 Å². The van der Waals surface area contributed by atoms with Crippen LogP contribution in [0.2, 0.25) is 0 Å². The molecule has 0 aromatic heterocycles. The van der Waals surface area contributed by atoms with Crippen LogP contribution in [0.1, 0.15) is 18.6 Å². The summed E-state index contributed by atoms with van der Waals surface area (Å²) in [5, 5.41) is 9.32. The first-order valence-electron chi connectivity index (χ1n) is 5.00. The minimum absolute atomic E-state index is 0.0204. The van der Waals surface area contributed by atoms with Gasteiger partial charge in [-0.1, -0.05) is 12.1 Å². The Labute approximate surface area is 102 Å². The Bertz CT molecular complexity index is 353. The van der Waals surface area contributed by atoms with Crippen LogP contribution in [0.25, 0.3) is 0 Å². The van der Waals surface area contributed by atoms with E-state index in [0.717, 1.165) is 0 Å². The third kappa shape index (κ3) is 5.83. The Kier molecular flexibility index (Phi) is 5.14. The lowest BCUT2D eigenvalue weighted by molar-refractivity contribution is -0.0329. The fourth-order valence-electron chi connectivity index (χ4n) is 1.18. The Morgan fingerprint density at radius 1 is 1.41 bits per heavy atom. The minimum atomic E-state index is -4.22. The van der Waals surface area contributed by atoms with E-state index >= 15 is 0 Å². The molecule has 0 unspecified atom stereocenters. The molecule has 6 heteroatoms. The van der Waals surface area contributed by atoms with Crippen LogP contribution >= 0.6 is 11.8 Å². The molecular formula is C11H13F3O2S. The summed E-state index contributed by atoms with van der Waals surface area (Å²) in [7, 11) is 0. The van der Waals surface area contributed by atoms with Crippen molar-refractivity contribution in [1.29, 1.82) is 0 Å². The van der Waals surface area contributed by atoms with Crippen LogP contribution in [0.4, 0.5) is 13.2 Å². The zero-order valence-corrected chi connectivity index (χ0v) is 10.0. The quantitative estimate of drug-likeness (QED) is 0.828. The van der Waals surface area contributed by atoms with E-state index in [2.05, 4.69) is 0 Å². The maximum absolute atomic E-state index is 11.8. The monoisotopic (exact) mass is 266 g/mol. The Morgan fingerprint density at radius 3 is 2.71 bits per heavy atom. The normalized spacial score (nSPS) is 13.5. The number of alkyl halides is 3. The number of aliphatic hydroxyl groups is 1. The van der Waals surface area contributed by atoms with Gasteiger partial charge in [-0.05, 0) is 36.4 Å². The fourth-order valence-corrected chi connectivity index (χ4v) is 1.58. The lowest BCUT2D eigenvalue weighted by atomic mass is 10.1. The number of hydrogen-bond acceptors (Lipinski definition) is 3. The van der Waals surface area contributed by atoms with Gasteiger partial charge in [0.2, 0.25) is 0 Å². The van der Waals surface area contributed by atoms with Gasteiger partial charge in [-0.3, -0.25) is 0 Å². The molecule has 2 nitrogen and oxygen atoms in total. The van der Waals surface area contributed by atoms with E-state index in [-0.39, 0.29) is 24.1 Å². The summed E-state index contributed by atoms with van der Waals surface area (Å²) in [6.45, 7) is 1.59. The molecule has 1 aromatic carbocycles. The highest BCUT2D eigenvalue weighted by Gasteiger charge is 2.27. The Morgan fingerprint density at radius 2 is 2.12 bits per heavy atom. The highest BCUT2D eigenvalue weighted by atomic mass is 32.2. The van der Waals surface area contributed by atoms with Crippen LogP contribution in [0.3, 0.4) is 0 Å². The number of ether oxygens (including phenoxy) is 1. The number of hydrogen-bond donors (Lipinski definition) is 1. The van der Waals surface area contributed by atoms with Gasteiger partial charge < -0.3 is 9.84 Å². The number of aliphatic hydroxyl groups excluding tert-OH is 1. The van der Waals surface area contributed by atoms with Crippen LogP contribution in [-0.2, 0) is 0 Å². The number of benzene rings is 1. The fraction of sp³-hybridized carbons (Fsp3) is 0.455. The third-order valence-electron chi connectivity index (χ3n) is 1.96. The lowest BCUT2D eigenvalue weighted by Gasteiger charge is -2.10. The highest BCUT2D eigenvalue weighted by molar-refractivity contribution is 8.00. The van der Waals surface area contributed by atoms with Gasteiger partial charge in [-0.25, -0.2) is 0 Å². The third-order valence-corrected chi connectivity index (χ3v) is 2.66. The van der Waals surface area contributed by atoms with Crippen LogP contribution in [0, 0.1) is 0 Å². The molecule has 0 amide bonds. The Balaban J connectivity index is 2.39. The van der Waals surface area contributed by atoms with Gasteiger partial charge in [0, 0.05) is 5.75 Å². The largest absolute Gasteiger partial charge is 0.493 e. The van der Waals surface area contributed by atoms with Gasteiger partial charge in [-0.15, -0.1) is 0 Å². The molecule has 0 aliphatic heterocycles. The van der Waals surface area contributed by atoms with E-state index in [1.54, 1.807) is 31.2 Å². The molecule has 0 bridgehead atoms. The molecule has 1 rings (SSSR count). The van der Waals surface area contributed by atoms with Crippen molar-refractivity contribution in [3.63, 3.8) is 0 Å². The van der Waals surface area contributed by atoms with Crippen LogP contribution in [-0.4, -0.2) is 23.0 Å². The molecule has 17 heavy (non-hydrogen) atoms. The predicted octanol–water partition coefficient (Wildman–Crippen LogP) is 3.37. The van der Waals surface area contributed by atoms with Crippen molar-refractivity contribution in [2.45, 2.75) is 18.5 Å². The van der Waals surface area contributed by atoms with Crippen LogP contribution in [0.5, 0.6) is 5.75 Å². The number of rotatable bonds is 5. The standard InChI is InChI=1S/C11H13F3O2S/c1-8(15)9-3-2-4-10(7-9)16-5-6-17-11(12,13)14/h2-4,7-8,15H,5-6H2,1H3/t8-/m0/s1. The number of thioether (sulfide) groups is 1. The zero-order chi connectivity index (χ0) is 12.9. The van der Waals surface area contributed by atoms with Crippen molar-refractivity contribution in [2.24, 2.45) is 0 Å². The average Bonchev–Trinajstić information content (AvgIpc) is 2.23. The Hall–Kier alpha value is -0.880. The molecule has 0 aliphatic rings. The van der Waals surface area contributed by atoms with Crippen molar-refractivity contribution < 1.29 is 23.0 Å². The SMILES string of the molecule is C[C@H](O)c1cccc(OCCSC(F)(F)F)c1. The average molecular weight is 266 g/mol. The summed E-state index contributed by atoms with van der Waals surface area (Å²) in [6.07, 6.45) is -0.622. The summed E-state index contributed by atoms with van der Waals surface area (Å²) in [5.74, 6) is 0.314. The van der Waals surface area contributed by atoms with Crippen molar-refractivity contribution in [3.8, 4) is 5.75 Å². The first kappa shape index (κ1) is 14.2. The van der Waals surface area contributed by atoms with Crippen molar-refractivity contribution in [2.75, 3.05) is 12.4 Å². The molecule has 0 saturated heterocycles. The molecule has 0 aliphatic carbocycles. The summed E-state index contributed by atoms with van der Waals surface area (Å²) < 4.78 is 40.6. The summed E-state index contributed by atoms with van der Waals surface area (Å²) in [6, 6.07) is 6.67. The van der Waals surface area contributed by atoms with Gasteiger partial charge in [0.1, 0.15) is 5.75 Å². The van der Waals surface area contributed by atoms with E-state index in [9.17, 15) is 18.3 Å². The van der Waals surface area contributed by atoms with Crippen LogP contribution < -0.4 is 4.74 Å². The molecule has 0 fully saturated rings. The first-order valence-corrected chi connectivity index (χ1v) is 5.98. The molecule has 1 atom stereocenters. The van der Waals surface area contributed by atoms with Gasteiger partial charge in [0.15, 0.2) is 0 Å². The summed E-state index contributed by atoms with van der Waals surface area (Å²) >= 11 is -0.111. The molecular weight excluding hydrogens is 253 g/mol. The van der Waals surface area contributed by atoms with E-state index in [0.29, 0.717) is 11.3 Å². The molecule has 1 aromatic rings. The van der Waals surface area contributed by atoms with E-state index in [1.165, 1.54) is 0 Å². The molecule has 0 heterocycles. The topological polar surface area (TPSA) is 29.5 Å². The van der Waals surface area contributed by atoms with Gasteiger partial charge in [-0.2, -0.15) is 13.2 Å². The van der Waals surface area contributed by atoms with Crippen molar-refractivity contribution in [1.82, 2.24) is 0 Å². The second-order valence-corrected chi connectivity index (χ2v) is 4.55. The van der Waals surface area contributed by atoms with Gasteiger partial charge in [0.25, 0.3) is 0 Å². The van der Waals surface area contributed by atoms with Crippen LogP contribution in [0.15, 0.2) is 24.3 Å². The minimum Gasteiger partial charge on any atom is -0.493 e. The molecule has 0 radical (unpaired) electrons. The molecule has 96 valence electrons. The predicted molar refractivity (Wildman–Crippen MR) is 61.1 cm³/mol. The number of halogens is 3. The summed E-state index contributed by atoms with van der Waals surface area (Å²) in [4.78, 5) is 0. The maximum atomic E-state index is 11.8. The van der Waals surface area contributed by atoms with Crippen molar-refractivity contribution >= 4 is 11.8 Å². The van der Waals surface area contributed by atoms with Gasteiger partial charge in [0.05, 0.1) is 12.7 Å². The second-order valence-electron chi connectivity index (χ2n) is 3.39. The second kappa shape index (κ2) is 6.16. The van der Waals surface area contributed by atoms with Crippen molar-refractivity contribution in [3.05, 3.63) is 29.8 Å². The highest BCUT2D eigenvalue weighted by Crippen LogP contribution is 2.29. The van der Waals surface area contributed by atoms with E-state index in [4.69, 9.17) is 4.74 Å². The maximum Gasteiger partial charge on any atom is 0.441 e. The molecule has 1 N–H and O–H groups in total. The van der Waals surface area contributed by atoms with Gasteiger partial charge >= 0.3 is 5.51 Å². The smallest absolute Gasteiger partial charge is 0.441 e. The lowest BCUT2D eigenvalue weighted by Crippen LogP contribution is -2.07.